The fraction of sp³-hybridized carbons (Fsp3) is 0.147. The third kappa shape index (κ3) is 6.27. The maximum absolute atomic E-state index is 13.5. The number of pyridine rings is 1. The molecule has 0 radical (unpaired) electrons. The summed E-state index contributed by atoms with van der Waals surface area (Å²) in [6, 6.07) is 16.6. The van der Waals surface area contributed by atoms with Gasteiger partial charge in [-0.05, 0) is 78.9 Å². The van der Waals surface area contributed by atoms with E-state index in [4.69, 9.17) is 5.73 Å². The van der Waals surface area contributed by atoms with Crippen LogP contribution in [-0.2, 0) is 0 Å². The Balaban J connectivity index is 1.67. The van der Waals surface area contributed by atoms with Crippen molar-refractivity contribution in [2.45, 2.75) is 33.1 Å². The van der Waals surface area contributed by atoms with Crippen LogP contribution in [0.2, 0.25) is 0 Å². The molecule has 4 rings (SSSR count). The zero-order valence-corrected chi connectivity index (χ0v) is 22.7. The van der Waals surface area contributed by atoms with E-state index in [9.17, 15) is 4.39 Å². The van der Waals surface area contributed by atoms with E-state index in [1.165, 1.54) is 12.1 Å². The molecular weight excluding hydrogens is 483 g/mol. The van der Waals surface area contributed by atoms with E-state index in [-0.39, 0.29) is 5.82 Å². The topological polar surface area (TPSA) is 66.7 Å². The van der Waals surface area contributed by atoms with Crippen molar-refractivity contribution in [3.63, 3.8) is 0 Å². The number of nitrogens with zero attached hydrogens (tertiary/aromatic N) is 1. The molecule has 0 fully saturated rings. The second-order valence-corrected chi connectivity index (χ2v) is 9.47. The van der Waals surface area contributed by atoms with Gasteiger partial charge in [0.25, 0.3) is 0 Å². The molecule has 0 amide bonds. The number of aromatic amines is 1. The average Bonchev–Trinajstić information content (AvgIpc) is 3.39. The number of unbranched alkanes of at least 4 members (excludes halogenated alkanes) is 1. The predicted molar refractivity (Wildman–Crippen MR) is 164 cm³/mol. The first-order valence-corrected chi connectivity index (χ1v) is 13.1. The van der Waals surface area contributed by atoms with E-state index in [1.54, 1.807) is 24.4 Å². The zero-order valence-electron chi connectivity index (χ0n) is 22.7. The normalized spacial score (nSPS) is 12.0. The summed E-state index contributed by atoms with van der Waals surface area (Å²) < 4.78 is 13.5. The van der Waals surface area contributed by atoms with Crippen molar-refractivity contribution in [1.29, 1.82) is 0 Å². The van der Waals surface area contributed by atoms with Gasteiger partial charge >= 0.3 is 0 Å². The highest BCUT2D eigenvalue weighted by atomic mass is 19.1. The quantitative estimate of drug-likeness (QED) is 0.174. The number of nitrogens with one attached hydrogen (secondary N) is 2. The molecule has 2 aromatic carbocycles. The Morgan fingerprint density at radius 3 is 2.59 bits per heavy atom. The smallest absolute Gasteiger partial charge is 0.131 e. The standard InChI is InChI=1S/C34H35FN4/c1-6-9-11-22(4)38-28(8-3)18-24(7-2)26-19-30(34(36)37-21-26)23(5)33-20-31-29(12-10-13-32(31)39-33)25-14-16-27(35)17-15-25/h7-8,10,12-21,38-39H,3-6,9,11H2,1-2H3,(H2,36,37)/b24-7+,28-18+. The van der Waals surface area contributed by atoms with Crippen molar-refractivity contribution in [1.82, 2.24) is 15.3 Å². The second kappa shape index (κ2) is 12.3. The van der Waals surface area contributed by atoms with Gasteiger partial charge < -0.3 is 16.0 Å². The molecule has 0 spiro atoms. The summed E-state index contributed by atoms with van der Waals surface area (Å²) in [5.74, 6) is 0.139. The van der Waals surface area contributed by atoms with Gasteiger partial charge in [0, 0.05) is 50.9 Å². The minimum Gasteiger partial charge on any atom is -0.383 e. The van der Waals surface area contributed by atoms with Crippen molar-refractivity contribution in [2.24, 2.45) is 0 Å². The van der Waals surface area contributed by atoms with Crippen molar-refractivity contribution in [3.8, 4) is 11.1 Å². The van der Waals surface area contributed by atoms with Gasteiger partial charge in [-0.3, -0.25) is 0 Å². The number of hydrogen-bond acceptors (Lipinski definition) is 3. The fourth-order valence-corrected chi connectivity index (χ4v) is 4.52. The first-order valence-electron chi connectivity index (χ1n) is 13.1. The van der Waals surface area contributed by atoms with Gasteiger partial charge in [-0.25, -0.2) is 9.37 Å². The molecule has 0 atom stereocenters. The van der Waals surface area contributed by atoms with Crippen LogP contribution in [0, 0.1) is 5.82 Å². The summed E-state index contributed by atoms with van der Waals surface area (Å²) in [5.41, 5.74) is 15.3. The van der Waals surface area contributed by atoms with Crippen LogP contribution in [0.5, 0.6) is 0 Å². The first-order chi connectivity index (χ1) is 18.8. The lowest BCUT2D eigenvalue weighted by molar-refractivity contribution is 0.628. The van der Waals surface area contributed by atoms with Gasteiger partial charge in [-0.1, -0.05) is 63.4 Å². The number of anilines is 1. The minimum absolute atomic E-state index is 0.260. The molecule has 0 bridgehead atoms. The largest absolute Gasteiger partial charge is 0.383 e. The summed E-state index contributed by atoms with van der Waals surface area (Å²) in [6.07, 6.45) is 10.7. The molecule has 0 aliphatic rings. The van der Waals surface area contributed by atoms with E-state index in [0.717, 1.165) is 80.7 Å². The molecule has 5 heteroatoms. The van der Waals surface area contributed by atoms with Crippen LogP contribution >= 0.6 is 0 Å². The Morgan fingerprint density at radius 1 is 1.13 bits per heavy atom. The molecule has 0 saturated carbocycles. The van der Waals surface area contributed by atoms with Crippen LogP contribution in [0.25, 0.3) is 33.2 Å². The Bertz CT molecular complexity index is 1590. The molecule has 198 valence electrons. The van der Waals surface area contributed by atoms with Gasteiger partial charge in [0.2, 0.25) is 0 Å². The Labute approximate surface area is 230 Å². The number of halogens is 1. The van der Waals surface area contributed by atoms with E-state index in [2.05, 4.69) is 48.0 Å². The number of fused-ring (bicyclic) bond motifs is 1. The molecule has 2 aromatic heterocycles. The summed E-state index contributed by atoms with van der Waals surface area (Å²) >= 11 is 0. The van der Waals surface area contributed by atoms with Crippen LogP contribution in [-0.4, -0.2) is 9.97 Å². The van der Waals surface area contributed by atoms with Gasteiger partial charge in [0.05, 0.1) is 0 Å². The zero-order chi connectivity index (χ0) is 27.9. The van der Waals surface area contributed by atoms with Gasteiger partial charge in [-0.2, -0.15) is 0 Å². The van der Waals surface area contributed by atoms with E-state index in [1.807, 2.05) is 43.3 Å². The van der Waals surface area contributed by atoms with Crippen molar-refractivity contribution in [3.05, 3.63) is 133 Å². The number of hydrogen-bond donors (Lipinski definition) is 3. The van der Waals surface area contributed by atoms with Crippen molar-refractivity contribution in [2.75, 3.05) is 5.73 Å². The SMILES string of the molecule is C=C/C(=C\C(=C/C)c1cnc(N)c(C(=C)c2cc3c(-c4ccc(F)cc4)cccc3[nH]2)c1)NC(=C)CCCC. The maximum Gasteiger partial charge on any atom is 0.131 e. The van der Waals surface area contributed by atoms with Crippen LogP contribution in [0.1, 0.15) is 49.9 Å². The number of H-pyrrole nitrogens is 1. The van der Waals surface area contributed by atoms with E-state index < -0.39 is 0 Å². The molecule has 0 unspecified atom stereocenters. The fourth-order valence-electron chi connectivity index (χ4n) is 4.52. The van der Waals surface area contributed by atoms with Crippen LogP contribution < -0.4 is 11.1 Å². The average molecular weight is 519 g/mol. The van der Waals surface area contributed by atoms with Crippen LogP contribution in [0.3, 0.4) is 0 Å². The second-order valence-electron chi connectivity index (χ2n) is 9.47. The minimum atomic E-state index is -0.260. The summed E-state index contributed by atoms with van der Waals surface area (Å²) in [5, 5.41) is 4.39. The summed E-state index contributed by atoms with van der Waals surface area (Å²) in [4.78, 5) is 7.96. The third-order valence-electron chi connectivity index (χ3n) is 6.72. The van der Waals surface area contributed by atoms with Gasteiger partial charge in [0.15, 0.2) is 0 Å². The van der Waals surface area contributed by atoms with Crippen molar-refractivity contribution >= 4 is 27.9 Å². The van der Waals surface area contributed by atoms with Gasteiger partial charge in [0.1, 0.15) is 11.6 Å². The molecule has 0 saturated heterocycles. The van der Waals surface area contributed by atoms with E-state index in [0.29, 0.717) is 5.82 Å². The maximum atomic E-state index is 13.5. The monoisotopic (exact) mass is 518 g/mol. The first kappa shape index (κ1) is 27.4. The molecule has 0 aliphatic heterocycles. The number of nitrogens with two attached hydrogens (primary N) is 1. The number of nitrogen functional groups attached to an aromatic ring is 1. The lowest BCUT2D eigenvalue weighted by atomic mass is 9.98. The predicted octanol–water partition coefficient (Wildman–Crippen LogP) is 8.78. The molecule has 4 aromatic rings. The van der Waals surface area contributed by atoms with Crippen LogP contribution in [0.4, 0.5) is 10.2 Å². The van der Waals surface area contributed by atoms with E-state index >= 15 is 0 Å². The number of rotatable bonds is 11. The molecule has 0 aliphatic carbocycles. The third-order valence-corrected chi connectivity index (χ3v) is 6.72. The molecule has 39 heavy (non-hydrogen) atoms. The summed E-state index contributed by atoms with van der Waals surface area (Å²) in [6.45, 7) is 16.6. The molecular formula is C34H35FN4. The highest BCUT2D eigenvalue weighted by molar-refractivity contribution is 5.99. The highest BCUT2D eigenvalue weighted by Crippen LogP contribution is 2.34. The molecule has 4 N–H and O–H groups in total. The van der Waals surface area contributed by atoms with Crippen molar-refractivity contribution < 1.29 is 4.39 Å². The Kier molecular flexibility index (Phi) is 8.62. The Morgan fingerprint density at radius 2 is 1.90 bits per heavy atom. The molecule has 2 heterocycles. The van der Waals surface area contributed by atoms with Crippen LogP contribution in [0.15, 0.2) is 110 Å². The Hall–Kier alpha value is -4.64. The summed E-state index contributed by atoms with van der Waals surface area (Å²) in [7, 11) is 0. The lowest BCUT2D eigenvalue weighted by Crippen LogP contribution is -2.10. The number of aromatic nitrogens is 2. The van der Waals surface area contributed by atoms with Gasteiger partial charge in [-0.15, -0.1) is 0 Å². The lowest BCUT2D eigenvalue weighted by Gasteiger charge is -2.13. The number of benzene rings is 2. The molecule has 4 nitrogen and oxygen atoms in total. The highest BCUT2D eigenvalue weighted by Gasteiger charge is 2.14. The number of allylic oxidation sites excluding steroid dienone is 5.